The summed E-state index contributed by atoms with van der Waals surface area (Å²) in [7, 11) is 0. The molecule has 0 saturated heterocycles. The van der Waals surface area contributed by atoms with Gasteiger partial charge in [0.05, 0.1) is 6.26 Å². The Hall–Kier alpha value is -2.24. The predicted octanol–water partition coefficient (Wildman–Crippen LogP) is 1.21. The molecule has 2 aromatic heterocycles. The van der Waals surface area contributed by atoms with E-state index in [-0.39, 0.29) is 17.5 Å². The van der Waals surface area contributed by atoms with Gasteiger partial charge < -0.3 is 19.7 Å². The van der Waals surface area contributed by atoms with E-state index in [0.717, 1.165) is 0 Å². The minimum atomic E-state index is -1.24. The number of anilines is 1. The maximum absolute atomic E-state index is 10.7. The monoisotopic (exact) mass is 194 g/mol. The third kappa shape index (κ3) is 1.22. The van der Waals surface area contributed by atoms with Gasteiger partial charge in [-0.05, 0) is 12.1 Å². The number of carboxylic acids is 1. The Morgan fingerprint density at radius 2 is 2.36 bits per heavy atom. The van der Waals surface area contributed by atoms with Crippen molar-refractivity contribution in [1.82, 2.24) is 4.98 Å². The van der Waals surface area contributed by atoms with Crippen molar-refractivity contribution in [2.75, 3.05) is 5.73 Å². The van der Waals surface area contributed by atoms with E-state index in [1.54, 1.807) is 12.1 Å². The van der Waals surface area contributed by atoms with Crippen molar-refractivity contribution < 1.29 is 18.7 Å². The van der Waals surface area contributed by atoms with E-state index in [1.165, 1.54) is 6.26 Å². The number of rotatable bonds is 2. The van der Waals surface area contributed by atoms with Gasteiger partial charge in [-0.25, -0.2) is 4.79 Å². The number of hydrogen-bond acceptors (Lipinski definition) is 5. The van der Waals surface area contributed by atoms with Gasteiger partial charge in [0.1, 0.15) is 0 Å². The highest BCUT2D eigenvalue weighted by Crippen LogP contribution is 2.25. The molecule has 0 aliphatic carbocycles. The SMILES string of the molecule is Nc1nc(-c2ccco2)c(C(=O)O)o1. The second kappa shape index (κ2) is 2.91. The molecule has 2 heterocycles. The number of oxazole rings is 1. The summed E-state index contributed by atoms with van der Waals surface area (Å²) in [4.78, 5) is 14.4. The van der Waals surface area contributed by atoms with Crippen LogP contribution < -0.4 is 5.73 Å². The zero-order chi connectivity index (χ0) is 10.1. The maximum Gasteiger partial charge on any atom is 0.374 e. The number of carbonyl (C=O) groups is 1. The summed E-state index contributed by atoms with van der Waals surface area (Å²) in [5.41, 5.74) is 5.34. The van der Waals surface area contributed by atoms with Gasteiger partial charge >= 0.3 is 5.97 Å². The average Bonchev–Trinajstić information content (AvgIpc) is 2.70. The molecule has 0 bridgehead atoms. The number of hydrogen-bond donors (Lipinski definition) is 2. The summed E-state index contributed by atoms with van der Waals surface area (Å²) >= 11 is 0. The molecule has 0 saturated carbocycles. The van der Waals surface area contributed by atoms with Gasteiger partial charge in [0.2, 0.25) is 5.76 Å². The van der Waals surface area contributed by atoms with E-state index >= 15 is 0 Å². The summed E-state index contributed by atoms with van der Waals surface area (Å²) < 4.78 is 9.69. The lowest BCUT2D eigenvalue weighted by molar-refractivity contribution is 0.0664. The van der Waals surface area contributed by atoms with Gasteiger partial charge in [-0.1, -0.05) is 0 Å². The number of nitrogens with zero attached hydrogens (tertiary/aromatic N) is 1. The zero-order valence-corrected chi connectivity index (χ0v) is 6.93. The highest BCUT2D eigenvalue weighted by Gasteiger charge is 2.21. The van der Waals surface area contributed by atoms with E-state index in [2.05, 4.69) is 4.98 Å². The lowest BCUT2D eigenvalue weighted by Gasteiger charge is -1.90. The molecule has 2 aromatic rings. The summed E-state index contributed by atoms with van der Waals surface area (Å²) in [6, 6.07) is 2.99. The number of carboxylic acid groups (broad SMARTS) is 1. The first-order chi connectivity index (χ1) is 6.68. The maximum atomic E-state index is 10.7. The fraction of sp³-hybridized carbons (Fsp3) is 0. The van der Waals surface area contributed by atoms with Crippen LogP contribution in [-0.2, 0) is 0 Å². The fourth-order valence-corrected chi connectivity index (χ4v) is 1.06. The molecule has 6 nitrogen and oxygen atoms in total. The molecular formula is C8H6N2O4. The number of aromatic nitrogens is 1. The molecule has 3 N–H and O–H groups in total. The Kier molecular flexibility index (Phi) is 1.74. The summed E-state index contributed by atoms with van der Waals surface area (Å²) in [6.07, 6.45) is 1.41. The van der Waals surface area contributed by atoms with Crippen LogP contribution in [0.25, 0.3) is 11.5 Å². The van der Waals surface area contributed by atoms with Crippen molar-refractivity contribution >= 4 is 12.0 Å². The van der Waals surface area contributed by atoms with Crippen LogP contribution in [0.5, 0.6) is 0 Å². The highest BCUT2D eigenvalue weighted by atomic mass is 16.4. The first-order valence-corrected chi connectivity index (χ1v) is 3.72. The van der Waals surface area contributed by atoms with Crippen LogP contribution in [0.2, 0.25) is 0 Å². The molecule has 0 aliphatic heterocycles. The van der Waals surface area contributed by atoms with Gasteiger partial charge in [0.15, 0.2) is 11.5 Å². The zero-order valence-electron chi connectivity index (χ0n) is 6.93. The van der Waals surface area contributed by atoms with Gasteiger partial charge in [0.25, 0.3) is 6.01 Å². The van der Waals surface area contributed by atoms with Crippen molar-refractivity contribution in [3.05, 3.63) is 24.2 Å². The smallest absolute Gasteiger partial charge is 0.374 e. The summed E-state index contributed by atoms with van der Waals surface area (Å²) in [5.74, 6) is -1.25. The molecule has 0 radical (unpaired) electrons. The van der Waals surface area contributed by atoms with Crippen LogP contribution in [-0.4, -0.2) is 16.1 Å². The third-order valence-electron chi connectivity index (χ3n) is 1.59. The number of nitrogen functional groups attached to an aromatic ring is 1. The van der Waals surface area contributed by atoms with E-state index < -0.39 is 5.97 Å². The number of aromatic carboxylic acids is 1. The molecule has 0 aliphatic rings. The topological polar surface area (TPSA) is 102 Å². The normalized spacial score (nSPS) is 10.3. The van der Waals surface area contributed by atoms with Crippen molar-refractivity contribution in [2.24, 2.45) is 0 Å². The van der Waals surface area contributed by atoms with Gasteiger partial charge in [-0.15, -0.1) is 0 Å². The van der Waals surface area contributed by atoms with Crippen LogP contribution in [0.1, 0.15) is 10.6 Å². The molecular weight excluding hydrogens is 188 g/mol. The molecule has 6 heteroatoms. The van der Waals surface area contributed by atoms with Gasteiger partial charge in [-0.3, -0.25) is 0 Å². The van der Waals surface area contributed by atoms with Crippen molar-refractivity contribution in [3.63, 3.8) is 0 Å². The van der Waals surface area contributed by atoms with Gasteiger partial charge in [-0.2, -0.15) is 4.98 Å². The Balaban J connectivity index is 2.58. The second-order valence-electron chi connectivity index (χ2n) is 2.51. The molecule has 0 aromatic carbocycles. The summed E-state index contributed by atoms with van der Waals surface area (Å²) in [6.45, 7) is 0. The van der Waals surface area contributed by atoms with Crippen LogP contribution in [0.3, 0.4) is 0 Å². The van der Waals surface area contributed by atoms with E-state index in [1.807, 2.05) is 0 Å². The van der Waals surface area contributed by atoms with E-state index in [4.69, 9.17) is 19.7 Å². The third-order valence-corrected chi connectivity index (χ3v) is 1.59. The molecule has 72 valence electrons. The Morgan fingerprint density at radius 3 is 2.93 bits per heavy atom. The van der Waals surface area contributed by atoms with Crippen molar-refractivity contribution in [2.45, 2.75) is 0 Å². The quantitative estimate of drug-likeness (QED) is 0.744. The first-order valence-electron chi connectivity index (χ1n) is 3.72. The predicted molar refractivity (Wildman–Crippen MR) is 45.6 cm³/mol. The second-order valence-corrected chi connectivity index (χ2v) is 2.51. The van der Waals surface area contributed by atoms with E-state index in [9.17, 15) is 4.79 Å². The van der Waals surface area contributed by atoms with Crippen LogP contribution in [0.15, 0.2) is 27.2 Å². The number of nitrogens with two attached hydrogens (primary N) is 1. The largest absolute Gasteiger partial charge is 0.475 e. The highest BCUT2D eigenvalue weighted by molar-refractivity contribution is 5.91. The first kappa shape index (κ1) is 8.36. The minimum absolute atomic E-state index is 0.0972. The molecule has 0 unspecified atom stereocenters. The lowest BCUT2D eigenvalue weighted by atomic mass is 10.3. The average molecular weight is 194 g/mol. The Morgan fingerprint density at radius 1 is 1.57 bits per heavy atom. The van der Waals surface area contributed by atoms with Crippen molar-refractivity contribution in [3.8, 4) is 11.5 Å². The molecule has 0 atom stereocenters. The lowest BCUT2D eigenvalue weighted by Crippen LogP contribution is -1.95. The standard InChI is InChI=1S/C8H6N2O4/c9-8-10-5(4-2-1-3-13-4)6(14-8)7(11)12/h1-3H,(H2,9,10)(H,11,12). The van der Waals surface area contributed by atoms with E-state index in [0.29, 0.717) is 5.76 Å². The minimum Gasteiger partial charge on any atom is -0.475 e. The van der Waals surface area contributed by atoms with Crippen LogP contribution in [0.4, 0.5) is 6.01 Å². The van der Waals surface area contributed by atoms with Crippen LogP contribution in [0, 0.1) is 0 Å². The van der Waals surface area contributed by atoms with Crippen molar-refractivity contribution in [1.29, 1.82) is 0 Å². The number of furan rings is 1. The Bertz CT molecular complexity index is 458. The fourth-order valence-electron chi connectivity index (χ4n) is 1.06. The molecule has 0 amide bonds. The molecule has 2 rings (SSSR count). The summed E-state index contributed by atoms with van der Waals surface area (Å²) in [5, 5.41) is 8.75. The molecule has 14 heavy (non-hydrogen) atoms. The molecule has 0 spiro atoms. The van der Waals surface area contributed by atoms with Gasteiger partial charge in [0, 0.05) is 0 Å². The molecule has 0 fully saturated rings. The van der Waals surface area contributed by atoms with Crippen LogP contribution >= 0.6 is 0 Å². The Labute approximate surface area is 78.0 Å².